The van der Waals surface area contributed by atoms with Gasteiger partial charge in [0.05, 0.1) is 7.11 Å². The molecule has 0 radical (unpaired) electrons. The Hall–Kier alpha value is -1.31. The Morgan fingerprint density at radius 3 is 2.86 bits per heavy atom. The van der Waals surface area contributed by atoms with Gasteiger partial charge in [0, 0.05) is 6.42 Å². The molecule has 76 valence electrons. The highest BCUT2D eigenvalue weighted by Crippen LogP contribution is 2.18. The summed E-state index contributed by atoms with van der Waals surface area (Å²) in [5, 5.41) is 0. The number of methoxy groups -OCH3 is 1. The van der Waals surface area contributed by atoms with E-state index in [1.54, 1.807) is 7.11 Å². The maximum Gasteiger partial charge on any atom is 0.120 e. The number of aldehydes is 1. The second-order valence-corrected chi connectivity index (χ2v) is 3.35. The number of aryl methyl sites for hydroxylation is 2. The summed E-state index contributed by atoms with van der Waals surface area (Å²) in [6, 6.07) is 6.05. The second kappa shape index (κ2) is 5.43. The molecule has 2 heteroatoms. The smallest absolute Gasteiger partial charge is 0.120 e. The van der Waals surface area contributed by atoms with Gasteiger partial charge >= 0.3 is 0 Å². The Labute approximate surface area is 84.9 Å². The average molecular weight is 192 g/mol. The van der Waals surface area contributed by atoms with Gasteiger partial charge in [0.25, 0.3) is 0 Å². The van der Waals surface area contributed by atoms with Crippen molar-refractivity contribution in [2.75, 3.05) is 7.11 Å². The van der Waals surface area contributed by atoms with Gasteiger partial charge in [0.15, 0.2) is 0 Å². The summed E-state index contributed by atoms with van der Waals surface area (Å²) >= 11 is 0. The normalized spacial score (nSPS) is 9.86. The van der Waals surface area contributed by atoms with Crippen molar-refractivity contribution in [3.05, 3.63) is 29.3 Å². The van der Waals surface area contributed by atoms with Crippen LogP contribution < -0.4 is 4.74 Å². The fourth-order valence-electron chi connectivity index (χ4n) is 1.42. The molecule has 0 saturated heterocycles. The Morgan fingerprint density at radius 2 is 2.21 bits per heavy atom. The van der Waals surface area contributed by atoms with Gasteiger partial charge in [0.1, 0.15) is 12.0 Å². The molecule has 0 aliphatic rings. The van der Waals surface area contributed by atoms with Gasteiger partial charge in [-0.15, -0.1) is 0 Å². The van der Waals surface area contributed by atoms with E-state index in [0.29, 0.717) is 6.42 Å². The molecule has 2 nitrogen and oxygen atoms in total. The van der Waals surface area contributed by atoms with Gasteiger partial charge in [-0.2, -0.15) is 0 Å². The third kappa shape index (κ3) is 2.87. The number of carbonyl (C=O) groups excluding carboxylic acids is 1. The molecule has 1 aromatic carbocycles. The van der Waals surface area contributed by atoms with E-state index in [1.807, 2.05) is 12.1 Å². The molecule has 0 heterocycles. The van der Waals surface area contributed by atoms with Gasteiger partial charge < -0.3 is 9.53 Å². The molecule has 0 aliphatic carbocycles. The molecule has 0 spiro atoms. The SMILES string of the molecule is COc1ccc(C)c(CCCC=O)c1. The molecule has 0 atom stereocenters. The van der Waals surface area contributed by atoms with Crippen LogP contribution in [0.4, 0.5) is 0 Å². The number of hydrogen-bond acceptors (Lipinski definition) is 2. The minimum Gasteiger partial charge on any atom is -0.497 e. The highest BCUT2D eigenvalue weighted by Gasteiger charge is 2.00. The summed E-state index contributed by atoms with van der Waals surface area (Å²) in [7, 11) is 1.67. The lowest BCUT2D eigenvalue weighted by molar-refractivity contribution is -0.107. The number of carbonyl (C=O) groups is 1. The van der Waals surface area contributed by atoms with Crippen LogP contribution in [-0.4, -0.2) is 13.4 Å². The molecule has 0 unspecified atom stereocenters. The summed E-state index contributed by atoms with van der Waals surface area (Å²) in [6.07, 6.45) is 3.46. The Balaban J connectivity index is 2.68. The molecule has 0 aliphatic heterocycles. The van der Waals surface area contributed by atoms with E-state index >= 15 is 0 Å². The first kappa shape index (κ1) is 10.8. The van der Waals surface area contributed by atoms with E-state index in [9.17, 15) is 4.79 Å². The molecular formula is C12H16O2. The zero-order chi connectivity index (χ0) is 10.4. The van der Waals surface area contributed by atoms with Crippen molar-refractivity contribution in [1.29, 1.82) is 0 Å². The van der Waals surface area contributed by atoms with E-state index in [2.05, 4.69) is 13.0 Å². The molecule has 0 fully saturated rings. The topological polar surface area (TPSA) is 26.3 Å². The number of unbranched alkanes of at least 4 members (excludes halogenated alkanes) is 1. The van der Waals surface area contributed by atoms with E-state index in [-0.39, 0.29) is 0 Å². The molecule has 0 amide bonds. The van der Waals surface area contributed by atoms with E-state index in [0.717, 1.165) is 24.9 Å². The van der Waals surface area contributed by atoms with Gasteiger partial charge in [-0.05, 0) is 43.0 Å². The molecular weight excluding hydrogens is 176 g/mol. The predicted molar refractivity (Wildman–Crippen MR) is 56.7 cm³/mol. The Bertz CT molecular complexity index is 305. The lowest BCUT2D eigenvalue weighted by atomic mass is 10.0. The van der Waals surface area contributed by atoms with Crippen molar-refractivity contribution in [2.24, 2.45) is 0 Å². The van der Waals surface area contributed by atoms with Crippen LogP contribution in [0.1, 0.15) is 24.0 Å². The van der Waals surface area contributed by atoms with Crippen molar-refractivity contribution in [1.82, 2.24) is 0 Å². The molecule has 1 aromatic rings. The van der Waals surface area contributed by atoms with E-state index < -0.39 is 0 Å². The summed E-state index contributed by atoms with van der Waals surface area (Å²) in [4.78, 5) is 10.2. The first-order valence-electron chi connectivity index (χ1n) is 4.85. The summed E-state index contributed by atoms with van der Waals surface area (Å²) < 4.78 is 5.15. The van der Waals surface area contributed by atoms with Crippen LogP contribution in [0.2, 0.25) is 0 Å². The van der Waals surface area contributed by atoms with Crippen molar-refractivity contribution < 1.29 is 9.53 Å². The van der Waals surface area contributed by atoms with E-state index in [4.69, 9.17) is 4.74 Å². The van der Waals surface area contributed by atoms with Crippen LogP contribution in [0.3, 0.4) is 0 Å². The van der Waals surface area contributed by atoms with Crippen LogP contribution in [0, 0.1) is 6.92 Å². The van der Waals surface area contributed by atoms with Gasteiger partial charge in [-0.3, -0.25) is 0 Å². The summed E-state index contributed by atoms with van der Waals surface area (Å²) in [6.45, 7) is 2.08. The highest BCUT2D eigenvalue weighted by atomic mass is 16.5. The fourth-order valence-corrected chi connectivity index (χ4v) is 1.42. The quantitative estimate of drug-likeness (QED) is 0.529. The van der Waals surface area contributed by atoms with Crippen LogP contribution in [0.5, 0.6) is 5.75 Å². The number of hydrogen-bond donors (Lipinski definition) is 0. The fraction of sp³-hybridized carbons (Fsp3) is 0.417. The minimum absolute atomic E-state index is 0.636. The standard InChI is InChI=1S/C12H16O2/c1-10-6-7-12(14-2)9-11(10)5-3-4-8-13/h6-9H,3-5H2,1-2H3. The zero-order valence-electron chi connectivity index (χ0n) is 8.75. The van der Waals surface area contributed by atoms with Crippen LogP contribution in [0.15, 0.2) is 18.2 Å². The molecule has 0 bridgehead atoms. The lowest BCUT2D eigenvalue weighted by Gasteiger charge is -2.07. The van der Waals surface area contributed by atoms with Gasteiger partial charge in [0.2, 0.25) is 0 Å². The number of rotatable bonds is 5. The van der Waals surface area contributed by atoms with Crippen molar-refractivity contribution in [2.45, 2.75) is 26.2 Å². The van der Waals surface area contributed by atoms with Crippen molar-refractivity contribution >= 4 is 6.29 Å². The molecule has 0 N–H and O–H groups in total. The minimum atomic E-state index is 0.636. The molecule has 0 saturated carbocycles. The van der Waals surface area contributed by atoms with Crippen molar-refractivity contribution in [3.63, 3.8) is 0 Å². The summed E-state index contributed by atoms with van der Waals surface area (Å²) in [5.41, 5.74) is 2.53. The van der Waals surface area contributed by atoms with Gasteiger partial charge in [-0.1, -0.05) is 6.07 Å². The third-order valence-corrected chi connectivity index (χ3v) is 2.32. The largest absolute Gasteiger partial charge is 0.497 e. The number of benzene rings is 1. The average Bonchev–Trinajstić information content (AvgIpc) is 2.21. The molecule has 0 aromatic heterocycles. The lowest BCUT2D eigenvalue weighted by Crippen LogP contribution is -1.92. The van der Waals surface area contributed by atoms with E-state index in [1.165, 1.54) is 11.1 Å². The summed E-state index contributed by atoms with van der Waals surface area (Å²) in [5.74, 6) is 0.886. The van der Waals surface area contributed by atoms with Crippen molar-refractivity contribution in [3.8, 4) is 5.75 Å². The van der Waals surface area contributed by atoms with Crippen LogP contribution in [-0.2, 0) is 11.2 Å². The maximum absolute atomic E-state index is 10.2. The maximum atomic E-state index is 10.2. The highest BCUT2D eigenvalue weighted by molar-refractivity contribution is 5.49. The zero-order valence-corrected chi connectivity index (χ0v) is 8.75. The predicted octanol–water partition coefficient (Wildman–Crippen LogP) is 2.53. The second-order valence-electron chi connectivity index (χ2n) is 3.35. The van der Waals surface area contributed by atoms with Gasteiger partial charge in [-0.25, -0.2) is 0 Å². The monoisotopic (exact) mass is 192 g/mol. The molecule has 14 heavy (non-hydrogen) atoms. The van der Waals surface area contributed by atoms with Crippen LogP contribution >= 0.6 is 0 Å². The molecule has 1 rings (SSSR count). The Kier molecular flexibility index (Phi) is 4.17. The van der Waals surface area contributed by atoms with Crippen LogP contribution in [0.25, 0.3) is 0 Å². The third-order valence-electron chi connectivity index (χ3n) is 2.32. The Morgan fingerprint density at radius 1 is 1.43 bits per heavy atom. The first-order chi connectivity index (χ1) is 6.77. The number of ether oxygens (including phenoxy) is 1. The first-order valence-corrected chi connectivity index (χ1v) is 4.85.